The molecule has 5 heterocycles. The zero-order chi connectivity index (χ0) is 43.0. The molecule has 2 aromatic heterocycles. The Hall–Kier alpha value is -6.56. The quantitative estimate of drug-likeness (QED) is 0.162. The fraction of sp³-hybridized carbons (Fsp3) is 0.186. The van der Waals surface area contributed by atoms with E-state index < -0.39 is 0 Å². The Balaban J connectivity index is 1.17. The fourth-order valence-corrected chi connectivity index (χ4v) is 13.6. The van der Waals surface area contributed by atoms with Gasteiger partial charge in [0, 0.05) is 54.3 Å². The van der Waals surface area contributed by atoms with E-state index in [4.69, 9.17) is 4.42 Å². The van der Waals surface area contributed by atoms with Crippen LogP contribution in [0.15, 0.2) is 156 Å². The van der Waals surface area contributed by atoms with Crippen molar-refractivity contribution in [3.8, 4) is 22.3 Å². The summed E-state index contributed by atoms with van der Waals surface area (Å²) in [5.74, 6) is 0. The third-order valence-corrected chi connectivity index (χ3v) is 17.1. The summed E-state index contributed by atoms with van der Waals surface area (Å²) in [6.45, 7) is 14.6. The number of rotatable bonds is 2. The minimum Gasteiger partial charge on any atom is -0.454 e. The Morgan fingerprint density at radius 1 is 0.516 bits per heavy atom. The predicted octanol–water partition coefficient (Wildman–Crippen LogP) is 15.3. The second-order valence-corrected chi connectivity index (χ2v) is 21.7. The molecule has 0 fully saturated rings. The molecule has 0 saturated heterocycles. The molecule has 0 saturated carbocycles. The van der Waals surface area contributed by atoms with Crippen LogP contribution in [0.5, 0.6) is 0 Å². The van der Waals surface area contributed by atoms with Gasteiger partial charge in [-0.3, -0.25) is 0 Å². The Labute approximate surface area is 378 Å². The van der Waals surface area contributed by atoms with E-state index in [0.29, 0.717) is 0 Å². The molecule has 0 atom stereocenters. The van der Waals surface area contributed by atoms with Crippen molar-refractivity contribution < 1.29 is 4.42 Å². The van der Waals surface area contributed by atoms with Crippen LogP contribution in [0.1, 0.15) is 76.6 Å². The lowest BCUT2D eigenvalue weighted by atomic mass is 9.42. The minimum atomic E-state index is -0.268. The lowest BCUT2D eigenvalue weighted by molar-refractivity contribution is 0.331. The van der Waals surface area contributed by atoms with Gasteiger partial charge in [-0.1, -0.05) is 157 Å². The molecule has 5 heteroatoms. The summed E-state index contributed by atoms with van der Waals surface area (Å²) in [7, 11) is 0. The van der Waals surface area contributed by atoms with Crippen LogP contribution in [-0.4, -0.2) is 6.85 Å². The first-order valence-corrected chi connectivity index (χ1v) is 23.8. The highest BCUT2D eigenvalue weighted by Crippen LogP contribution is 2.60. The highest BCUT2D eigenvalue weighted by atomic mass is 32.1. The zero-order valence-electron chi connectivity index (χ0n) is 37.1. The van der Waals surface area contributed by atoms with Crippen molar-refractivity contribution in [2.75, 3.05) is 9.71 Å². The summed E-state index contributed by atoms with van der Waals surface area (Å²) < 4.78 is 9.86. The highest BCUT2D eigenvalue weighted by Gasteiger charge is 2.52. The van der Waals surface area contributed by atoms with Crippen molar-refractivity contribution >= 4 is 99.7 Å². The third-order valence-electron chi connectivity index (χ3n) is 15.9. The Kier molecular flexibility index (Phi) is 7.13. The average Bonchev–Trinajstić information content (AvgIpc) is 3.89. The summed E-state index contributed by atoms with van der Waals surface area (Å²) in [5.41, 5.74) is 21.2. The third kappa shape index (κ3) is 4.68. The summed E-state index contributed by atoms with van der Waals surface area (Å²) in [6, 6.07) is 57.5. The van der Waals surface area contributed by atoms with Gasteiger partial charge >= 0.3 is 6.85 Å². The maximum absolute atomic E-state index is 7.25. The molecule has 10 aromatic rings. The molecule has 0 N–H and O–H groups in total. The van der Waals surface area contributed by atoms with Crippen LogP contribution in [0, 0.1) is 0 Å². The van der Waals surface area contributed by atoms with Crippen LogP contribution in [0.3, 0.4) is 0 Å². The predicted molar refractivity (Wildman–Crippen MR) is 273 cm³/mol. The summed E-state index contributed by atoms with van der Waals surface area (Å²) in [4.78, 5) is 5.39. The topological polar surface area (TPSA) is 19.6 Å². The number of anilines is 5. The molecule has 4 aliphatic rings. The van der Waals surface area contributed by atoms with E-state index in [-0.39, 0.29) is 23.1 Å². The first kappa shape index (κ1) is 36.9. The average molecular weight is 843 g/mol. The van der Waals surface area contributed by atoms with Crippen molar-refractivity contribution in [1.82, 2.24) is 0 Å². The molecule has 0 bridgehead atoms. The van der Waals surface area contributed by atoms with E-state index in [1.807, 2.05) is 11.3 Å². The summed E-state index contributed by atoms with van der Waals surface area (Å²) >= 11 is 1.91. The number of thiophene rings is 1. The smallest absolute Gasteiger partial charge is 0.333 e. The molecule has 0 spiro atoms. The minimum absolute atomic E-state index is 0.0437. The van der Waals surface area contributed by atoms with Crippen LogP contribution in [0.25, 0.3) is 64.4 Å². The van der Waals surface area contributed by atoms with Gasteiger partial charge in [-0.15, -0.1) is 11.3 Å². The first-order chi connectivity index (χ1) is 31.0. The van der Waals surface area contributed by atoms with E-state index in [1.165, 1.54) is 110 Å². The maximum atomic E-state index is 7.25. The standard InChI is InChI=1S/C59H47BN2OS/c1-57(2)28-29-58(3,4)44-33-49-45(32-43(44)57)59(5,6)42-21-15-22-46-53(42)61(49)54-52-40(31-41-37-18-10-12-24-50(37)63-55(41)54)36-27-26-35(34-16-8-7-9-17-34)30-48(36)62(60(46)52)47-23-14-20-39-38-19-11-13-25-51(38)64-56(39)47/h7-27,30-33H,28-29H2,1-6H3. The maximum Gasteiger partial charge on any atom is 0.333 e. The van der Waals surface area contributed by atoms with E-state index in [9.17, 15) is 0 Å². The van der Waals surface area contributed by atoms with Gasteiger partial charge in [-0.25, -0.2) is 0 Å². The van der Waals surface area contributed by atoms with Crippen molar-refractivity contribution in [2.24, 2.45) is 0 Å². The van der Waals surface area contributed by atoms with Crippen LogP contribution < -0.4 is 20.6 Å². The highest BCUT2D eigenvalue weighted by molar-refractivity contribution is 7.26. The molecule has 0 radical (unpaired) electrons. The largest absolute Gasteiger partial charge is 0.454 e. The molecule has 14 rings (SSSR count). The van der Waals surface area contributed by atoms with E-state index in [1.54, 1.807) is 0 Å². The van der Waals surface area contributed by atoms with Crippen LogP contribution in [0.2, 0.25) is 0 Å². The lowest BCUT2D eigenvalue weighted by Gasteiger charge is -2.51. The Bertz CT molecular complexity index is 3680. The van der Waals surface area contributed by atoms with Crippen LogP contribution in [-0.2, 0) is 16.2 Å². The number of para-hydroxylation sites is 2. The molecule has 1 aliphatic carbocycles. The number of hydrogen-bond acceptors (Lipinski definition) is 4. The Morgan fingerprint density at radius 3 is 2.06 bits per heavy atom. The van der Waals surface area contributed by atoms with Crippen molar-refractivity contribution in [2.45, 2.75) is 70.6 Å². The van der Waals surface area contributed by atoms with Crippen LogP contribution >= 0.6 is 11.3 Å². The number of benzene rings is 8. The normalized spacial score (nSPS) is 17.1. The van der Waals surface area contributed by atoms with Gasteiger partial charge < -0.3 is 14.1 Å². The monoisotopic (exact) mass is 842 g/mol. The summed E-state index contributed by atoms with van der Waals surface area (Å²) in [5, 5.41) is 4.92. The first-order valence-electron chi connectivity index (χ1n) is 23.0. The van der Waals surface area contributed by atoms with Crippen molar-refractivity contribution in [3.63, 3.8) is 0 Å². The number of nitrogens with zero attached hydrogens (tertiary/aromatic N) is 2. The zero-order valence-corrected chi connectivity index (χ0v) is 38.0. The second-order valence-electron chi connectivity index (χ2n) is 20.7. The molecule has 8 aromatic carbocycles. The lowest BCUT2D eigenvalue weighted by Crippen LogP contribution is -2.62. The van der Waals surface area contributed by atoms with Gasteiger partial charge in [0.05, 0.1) is 16.1 Å². The molecule has 0 unspecified atom stereocenters. The van der Waals surface area contributed by atoms with Crippen molar-refractivity contribution in [3.05, 3.63) is 174 Å². The fourth-order valence-electron chi connectivity index (χ4n) is 12.4. The molecule has 308 valence electrons. The van der Waals surface area contributed by atoms with Gasteiger partial charge in [-0.05, 0) is 110 Å². The molecule has 0 amide bonds. The van der Waals surface area contributed by atoms with E-state index in [2.05, 4.69) is 203 Å². The number of furan rings is 1. The second kappa shape index (κ2) is 12.4. The van der Waals surface area contributed by atoms with Gasteiger partial charge in [0.1, 0.15) is 5.58 Å². The SMILES string of the molecule is CC1(C)CCC(C)(C)c2cc3c(cc21)N1c2c(cccc2C3(C)C)B2c3c(cc4c(oc5ccccc54)c31)-c1ccc(-c3ccccc3)cc1N2c1cccc2c1sc1ccccc12. The Morgan fingerprint density at radius 2 is 1.23 bits per heavy atom. The number of fused-ring (bicyclic) bond motifs is 14. The van der Waals surface area contributed by atoms with Crippen LogP contribution in [0.4, 0.5) is 28.4 Å². The molecular weight excluding hydrogens is 796 g/mol. The number of hydrogen-bond donors (Lipinski definition) is 0. The molecule has 3 aliphatic heterocycles. The summed E-state index contributed by atoms with van der Waals surface area (Å²) in [6.07, 6.45) is 2.34. The molecule has 3 nitrogen and oxygen atoms in total. The van der Waals surface area contributed by atoms with Gasteiger partial charge in [0.25, 0.3) is 0 Å². The van der Waals surface area contributed by atoms with E-state index >= 15 is 0 Å². The van der Waals surface area contributed by atoms with Gasteiger partial charge in [0.15, 0.2) is 5.58 Å². The van der Waals surface area contributed by atoms with E-state index in [0.717, 1.165) is 28.4 Å². The van der Waals surface area contributed by atoms with Gasteiger partial charge in [0.2, 0.25) is 0 Å². The molecular formula is C59H47BN2OS. The van der Waals surface area contributed by atoms with Gasteiger partial charge in [-0.2, -0.15) is 0 Å². The van der Waals surface area contributed by atoms with Crippen molar-refractivity contribution in [1.29, 1.82) is 0 Å². The molecule has 64 heavy (non-hydrogen) atoms.